The predicted molar refractivity (Wildman–Crippen MR) is 81.4 cm³/mol. The van der Waals surface area contributed by atoms with Crippen LogP contribution >= 0.6 is 15.9 Å². The molecule has 0 amide bonds. The highest BCUT2D eigenvalue weighted by Gasteiger charge is 2.17. The molecular weight excluding hydrogens is 288 g/mol. The number of hydrogen-bond donors (Lipinski definition) is 0. The fourth-order valence-electron chi connectivity index (χ4n) is 2.61. The van der Waals surface area contributed by atoms with Crippen LogP contribution in [0.15, 0.2) is 18.2 Å². The second kappa shape index (κ2) is 6.69. The van der Waals surface area contributed by atoms with Gasteiger partial charge in [0, 0.05) is 44.6 Å². The molecule has 0 aromatic heterocycles. The summed E-state index contributed by atoms with van der Waals surface area (Å²) in [6.45, 7) is 11.5. The lowest BCUT2D eigenvalue weighted by molar-refractivity contribution is 0.132. The molecule has 1 fully saturated rings. The van der Waals surface area contributed by atoms with E-state index in [0.717, 1.165) is 11.9 Å². The number of aryl methyl sites for hydroxylation is 2. The summed E-state index contributed by atoms with van der Waals surface area (Å²) in [5.74, 6) is 0. The number of benzene rings is 1. The van der Waals surface area contributed by atoms with Gasteiger partial charge in [-0.1, -0.05) is 34.1 Å². The van der Waals surface area contributed by atoms with Crippen LogP contribution in [0.25, 0.3) is 0 Å². The largest absolute Gasteiger partial charge is 0.300 e. The molecule has 1 heterocycles. The van der Waals surface area contributed by atoms with Crippen LogP contribution in [0.4, 0.5) is 0 Å². The second-order valence-corrected chi connectivity index (χ2v) is 5.97. The van der Waals surface area contributed by atoms with E-state index in [2.05, 4.69) is 57.8 Å². The Morgan fingerprint density at radius 1 is 1.00 bits per heavy atom. The molecule has 1 aromatic carbocycles. The summed E-state index contributed by atoms with van der Waals surface area (Å²) in [6.07, 6.45) is 0. The first-order valence-electron chi connectivity index (χ1n) is 6.76. The third-order valence-electron chi connectivity index (χ3n) is 3.89. The van der Waals surface area contributed by atoms with Crippen LogP contribution in [-0.4, -0.2) is 47.9 Å². The number of hydrogen-bond acceptors (Lipinski definition) is 2. The third kappa shape index (κ3) is 3.56. The zero-order valence-corrected chi connectivity index (χ0v) is 13.0. The molecule has 1 aliphatic heterocycles. The minimum absolute atomic E-state index is 1.09. The quantitative estimate of drug-likeness (QED) is 0.789. The molecule has 18 heavy (non-hydrogen) atoms. The van der Waals surface area contributed by atoms with E-state index in [9.17, 15) is 0 Å². The molecule has 1 saturated heterocycles. The van der Waals surface area contributed by atoms with Gasteiger partial charge in [0.05, 0.1) is 0 Å². The molecule has 100 valence electrons. The maximum Gasteiger partial charge on any atom is 0.0240 e. The van der Waals surface area contributed by atoms with E-state index < -0.39 is 0 Å². The number of alkyl halides is 1. The Hall–Kier alpha value is -0.380. The average molecular weight is 311 g/mol. The Kier molecular flexibility index (Phi) is 5.22. The van der Waals surface area contributed by atoms with Crippen LogP contribution < -0.4 is 0 Å². The predicted octanol–water partition coefficient (Wildman–Crippen LogP) is 2.82. The number of halogens is 1. The maximum atomic E-state index is 3.52. The van der Waals surface area contributed by atoms with E-state index in [-0.39, 0.29) is 0 Å². The minimum atomic E-state index is 1.09. The van der Waals surface area contributed by atoms with E-state index in [0.29, 0.717) is 0 Å². The first-order chi connectivity index (χ1) is 8.70. The zero-order valence-electron chi connectivity index (χ0n) is 11.5. The molecule has 1 aliphatic rings. The Bertz CT molecular complexity index is 364. The molecule has 0 unspecified atom stereocenters. The molecule has 1 aromatic rings. The Labute approximate surface area is 119 Å². The van der Waals surface area contributed by atoms with Crippen molar-refractivity contribution in [1.29, 1.82) is 0 Å². The van der Waals surface area contributed by atoms with Gasteiger partial charge in [-0.05, 0) is 30.5 Å². The molecule has 0 bridgehead atoms. The maximum absolute atomic E-state index is 3.52. The van der Waals surface area contributed by atoms with Crippen LogP contribution in [0.2, 0.25) is 0 Å². The van der Waals surface area contributed by atoms with E-state index in [1.54, 1.807) is 0 Å². The van der Waals surface area contributed by atoms with Crippen molar-refractivity contribution in [3.8, 4) is 0 Å². The van der Waals surface area contributed by atoms with Gasteiger partial charge in [0.15, 0.2) is 0 Å². The van der Waals surface area contributed by atoms with E-state index in [1.165, 1.54) is 49.4 Å². The summed E-state index contributed by atoms with van der Waals surface area (Å²) in [5.41, 5.74) is 4.38. The summed E-state index contributed by atoms with van der Waals surface area (Å²) < 4.78 is 0. The van der Waals surface area contributed by atoms with Crippen LogP contribution in [0, 0.1) is 13.8 Å². The molecule has 2 rings (SSSR count). The molecule has 0 atom stereocenters. The van der Waals surface area contributed by atoms with Gasteiger partial charge < -0.3 is 0 Å². The lowest BCUT2D eigenvalue weighted by Gasteiger charge is -2.34. The van der Waals surface area contributed by atoms with Crippen molar-refractivity contribution in [3.05, 3.63) is 34.9 Å². The van der Waals surface area contributed by atoms with Crippen molar-refractivity contribution in [3.63, 3.8) is 0 Å². The molecule has 0 saturated carbocycles. The summed E-state index contributed by atoms with van der Waals surface area (Å²) in [5, 5.41) is 1.09. The highest BCUT2D eigenvalue weighted by atomic mass is 79.9. The summed E-state index contributed by atoms with van der Waals surface area (Å²) in [4.78, 5) is 5.12. The van der Waals surface area contributed by atoms with Gasteiger partial charge in [0.1, 0.15) is 0 Å². The Morgan fingerprint density at radius 2 is 1.56 bits per heavy atom. The molecule has 0 radical (unpaired) electrons. The van der Waals surface area contributed by atoms with Crippen LogP contribution in [0.5, 0.6) is 0 Å². The monoisotopic (exact) mass is 310 g/mol. The Morgan fingerprint density at radius 3 is 2.11 bits per heavy atom. The van der Waals surface area contributed by atoms with Crippen molar-refractivity contribution >= 4 is 15.9 Å². The first-order valence-corrected chi connectivity index (χ1v) is 7.88. The van der Waals surface area contributed by atoms with Crippen molar-refractivity contribution in [2.24, 2.45) is 0 Å². The first kappa shape index (κ1) is 14.0. The second-order valence-electron chi connectivity index (χ2n) is 5.18. The highest BCUT2D eigenvalue weighted by molar-refractivity contribution is 9.09. The SMILES string of the molecule is Cc1cccc(C)c1CN1CCN(CCBr)CC1. The normalized spacial score (nSPS) is 18.2. The van der Waals surface area contributed by atoms with Crippen molar-refractivity contribution in [2.45, 2.75) is 20.4 Å². The fourth-order valence-corrected chi connectivity index (χ4v) is 3.11. The number of rotatable bonds is 4. The zero-order chi connectivity index (χ0) is 13.0. The number of piperazine rings is 1. The molecule has 0 N–H and O–H groups in total. The molecule has 2 nitrogen and oxygen atoms in total. The van der Waals surface area contributed by atoms with Crippen LogP contribution in [0.3, 0.4) is 0 Å². The molecule has 0 spiro atoms. The van der Waals surface area contributed by atoms with Gasteiger partial charge in [0.2, 0.25) is 0 Å². The van der Waals surface area contributed by atoms with Gasteiger partial charge >= 0.3 is 0 Å². The average Bonchev–Trinajstić information content (AvgIpc) is 2.36. The van der Waals surface area contributed by atoms with Crippen LogP contribution in [0.1, 0.15) is 16.7 Å². The van der Waals surface area contributed by atoms with Gasteiger partial charge in [-0.25, -0.2) is 0 Å². The van der Waals surface area contributed by atoms with Crippen molar-refractivity contribution in [2.75, 3.05) is 38.1 Å². The molecular formula is C15H23BrN2. The van der Waals surface area contributed by atoms with Gasteiger partial charge in [0.25, 0.3) is 0 Å². The van der Waals surface area contributed by atoms with Gasteiger partial charge in [-0.15, -0.1) is 0 Å². The topological polar surface area (TPSA) is 6.48 Å². The third-order valence-corrected chi connectivity index (χ3v) is 4.25. The van der Waals surface area contributed by atoms with E-state index in [4.69, 9.17) is 0 Å². The standard InChI is InChI=1S/C15H23BrN2/c1-13-4-3-5-14(2)15(13)12-18-10-8-17(7-6-16)9-11-18/h3-5H,6-12H2,1-2H3. The molecule has 0 aliphatic carbocycles. The lowest BCUT2D eigenvalue weighted by Crippen LogP contribution is -2.46. The fraction of sp³-hybridized carbons (Fsp3) is 0.600. The lowest BCUT2D eigenvalue weighted by atomic mass is 10.0. The summed E-state index contributed by atoms with van der Waals surface area (Å²) >= 11 is 3.52. The molecule has 3 heteroatoms. The van der Waals surface area contributed by atoms with E-state index >= 15 is 0 Å². The highest BCUT2D eigenvalue weighted by Crippen LogP contribution is 2.16. The van der Waals surface area contributed by atoms with E-state index in [1.807, 2.05) is 0 Å². The summed E-state index contributed by atoms with van der Waals surface area (Å²) in [6, 6.07) is 6.61. The minimum Gasteiger partial charge on any atom is -0.300 e. The smallest absolute Gasteiger partial charge is 0.0240 e. The summed E-state index contributed by atoms with van der Waals surface area (Å²) in [7, 11) is 0. The van der Waals surface area contributed by atoms with Gasteiger partial charge in [-0.3, -0.25) is 9.80 Å². The van der Waals surface area contributed by atoms with Crippen molar-refractivity contribution in [1.82, 2.24) is 9.80 Å². The van der Waals surface area contributed by atoms with Crippen LogP contribution in [-0.2, 0) is 6.54 Å². The van der Waals surface area contributed by atoms with Gasteiger partial charge in [-0.2, -0.15) is 0 Å². The Balaban J connectivity index is 1.92. The van der Waals surface area contributed by atoms with Crippen molar-refractivity contribution < 1.29 is 0 Å². The number of nitrogens with zero attached hydrogens (tertiary/aromatic N) is 2.